The van der Waals surface area contributed by atoms with E-state index >= 15 is 0 Å². The number of amides is 1. The van der Waals surface area contributed by atoms with Gasteiger partial charge in [0.2, 0.25) is 5.91 Å². The highest BCUT2D eigenvalue weighted by Crippen LogP contribution is 2.25. The minimum Gasteiger partial charge on any atom is -0.366 e. The molecule has 1 aromatic carbocycles. The Morgan fingerprint density at radius 3 is 2.58 bits per heavy atom. The van der Waals surface area contributed by atoms with Crippen molar-refractivity contribution in [3.8, 4) is 16.9 Å². The van der Waals surface area contributed by atoms with Crippen LogP contribution < -0.4 is 5.73 Å². The van der Waals surface area contributed by atoms with Crippen molar-refractivity contribution in [2.24, 2.45) is 5.73 Å². The molecule has 2 aromatic heterocycles. The fraction of sp³-hybridized carbons (Fsp3) is 0.211. The van der Waals surface area contributed by atoms with Crippen LogP contribution in [0.3, 0.4) is 0 Å². The van der Waals surface area contributed by atoms with Crippen LogP contribution in [0.25, 0.3) is 16.9 Å². The highest BCUT2D eigenvalue weighted by molar-refractivity contribution is 5.94. The lowest BCUT2D eigenvalue weighted by Gasteiger charge is -2.13. The molecule has 2 heterocycles. The van der Waals surface area contributed by atoms with E-state index in [1.165, 1.54) is 0 Å². The third-order valence-electron chi connectivity index (χ3n) is 3.92. The van der Waals surface area contributed by atoms with Crippen LogP contribution in [0.15, 0.2) is 48.8 Å². The maximum atomic E-state index is 11.8. The zero-order chi connectivity index (χ0) is 17.3. The van der Waals surface area contributed by atoms with Crippen LogP contribution in [0.2, 0.25) is 0 Å². The predicted octanol–water partition coefficient (Wildman–Crippen LogP) is 3.47. The summed E-state index contributed by atoms with van der Waals surface area (Å²) in [5, 5.41) is 4.40. The molecule has 0 bridgehead atoms. The maximum absolute atomic E-state index is 11.8. The number of carbonyl (C=O) groups is 1. The van der Waals surface area contributed by atoms with Crippen molar-refractivity contribution < 1.29 is 4.79 Å². The van der Waals surface area contributed by atoms with Gasteiger partial charge in [0.05, 0.1) is 11.4 Å². The van der Waals surface area contributed by atoms with Gasteiger partial charge in [-0.15, -0.1) is 0 Å². The normalized spacial score (nSPS) is 11.0. The van der Waals surface area contributed by atoms with E-state index in [1.54, 1.807) is 24.5 Å². The first kappa shape index (κ1) is 15.9. The molecule has 5 nitrogen and oxygen atoms in total. The number of rotatable bonds is 4. The molecule has 0 spiro atoms. The largest absolute Gasteiger partial charge is 0.366 e. The van der Waals surface area contributed by atoms with Crippen LogP contribution in [-0.4, -0.2) is 20.7 Å². The Balaban J connectivity index is 2.18. The number of nitrogens with two attached hydrogens (primary N) is 1. The van der Waals surface area contributed by atoms with E-state index in [-0.39, 0.29) is 0 Å². The highest BCUT2D eigenvalue weighted by Gasteiger charge is 2.13. The van der Waals surface area contributed by atoms with Gasteiger partial charge in [-0.3, -0.25) is 9.78 Å². The molecule has 1 amide bonds. The molecule has 0 saturated heterocycles. The summed E-state index contributed by atoms with van der Waals surface area (Å²) in [5.74, 6) is -0.158. The predicted molar refractivity (Wildman–Crippen MR) is 94.1 cm³/mol. The second kappa shape index (κ2) is 6.28. The topological polar surface area (TPSA) is 73.8 Å². The Bertz CT molecular complexity index is 879. The van der Waals surface area contributed by atoms with Crippen molar-refractivity contribution in [2.45, 2.75) is 26.7 Å². The van der Waals surface area contributed by atoms with E-state index in [9.17, 15) is 4.79 Å². The van der Waals surface area contributed by atoms with Gasteiger partial charge in [-0.25, -0.2) is 4.68 Å². The average molecular weight is 320 g/mol. The van der Waals surface area contributed by atoms with E-state index in [4.69, 9.17) is 5.73 Å². The highest BCUT2D eigenvalue weighted by atomic mass is 16.1. The van der Waals surface area contributed by atoms with Gasteiger partial charge in [-0.1, -0.05) is 19.9 Å². The summed E-state index contributed by atoms with van der Waals surface area (Å²) in [6.07, 6.45) is 3.56. The molecule has 5 heteroatoms. The minimum atomic E-state index is -0.469. The molecule has 0 atom stereocenters. The lowest BCUT2D eigenvalue weighted by atomic mass is 10.0. The molecule has 0 unspecified atom stereocenters. The zero-order valence-electron chi connectivity index (χ0n) is 14.0. The molecule has 0 radical (unpaired) electrons. The SMILES string of the molecule is Cc1ccc(-c2cc(C(N)=O)cc(-n3nccc3C(C)C)c2)nc1. The lowest BCUT2D eigenvalue weighted by molar-refractivity contribution is 0.100. The van der Waals surface area contributed by atoms with Crippen LogP contribution in [0.4, 0.5) is 0 Å². The molecule has 2 N–H and O–H groups in total. The standard InChI is InChI=1S/C19H20N4O/c1-12(2)18-6-7-22-23(18)16-9-14(8-15(10-16)19(20)24)17-5-4-13(3)11-21-17/h4-12H,1-3H3,(H2,20,24). The van der Waals surface area contributed by atoms with Crippen LogP contribution >= 0.6 is 0 Å². The second-order valence-corrected chi connectivity index (χ2v) is 6.18. The third kappa shape index (κ3) is 3.06. The molecule has 122 valence electrons. The van der Waals surface area contributed by atoms with Crippen molar-refractivity contribution in [1.82, 2.24) is 14.8 Å². The van der Waals surface area contributed by atoms with Crippen LogP contribution in [0.1, 0.15) is 41.4 Å². The average Bonchev–Trinajstić information content (AvgIpc) is 3.05. The lowest BCUT2D eigenvalue weighted by Crippen LogP contribution is -2.13. The quantitative estimate of drug-likeness (QED) is 0.800. The summed E-state index contributed by atoms with van der Waals surface area (Å²) in [5.41, 5.74) is 10.5. The van der Waals surface area contributed by atoms with Crippen molar-refractivity contribution in [3.05, 3.63) is 65.6 Å². The fourth-order valence-electron chi connectivity index (χ4n) is 2.63. The second-order valence-electron chi connectivity index (χ2n) is 6.18. The molecule has 0 fully saturated rings. The van der Waals surface area contributed by atoms with Gasteiger partial charge in [-0.2, -0.15) is 5.10 Å². The molecule has 0 aliphatic heterocycles. The summed E-state index contributed by atoms with van der Waals surface area (Å²) in [6.45, 7) is 6.20. The maximum Gasteiger partial charge on any atom is 0.248 e. The Kier molecular flexibility index (Phi) is 4.16. The van der Waals surface area contributed by atoms with E-state index < -0.39 is 5.91 Å². The summed E-state index contributed by atoms with van der Waals surface area (Å²) >= 11 is 0. The van der Waals surface area contributed by atoms with Crippen LogP contribution in [0.5, 0.6) is 0 Å². The van der Waals surface area contributed by atoms with Gasteiger partial charge in [0, 0.05) is 29.2 Å². The van der Waals surface area contributed by atoms with Gasteiger partial charge in [0.15, 0.2) is 0 Å². The van der Waals surface area contributed by atoms with Crippen LogP contribution in [0, 0.1) is 6.92 Å². The molecule has 3 rings (SSSR count). The van der Waals surface area contributed by atoms with Gasteiger partial charge in [0.1, 0.15) is 0 Å². The number of hydrogen-bond donors (Lipinski definition) is 1. The first-order valence-electron chi connectivity index (χ1n) is 7.88. The molecular formula is C19H20N4O. The van der Waals surface area contributed by atoms with Gasteiger partial charge < -0.3 is 5.73 Å². The Labute approximate surface area is 141 Å². The Morgan fingerprint density at radius 1 is 1.17 bits per heavy atom. The Morgan fingerprint density at radius 2 is 1.96 bits per heavy atom. The summed E-state index contributed by atoms with van der Waals surface area (Å²) in [6, 6.07) is 11.4. The molecule has 0 aliphatic carbocycles. The number of hydrogen-bond acceptors (Lipinski definition) is 3. The number of carbonyl (C=O) groups excluding carboxylic acids is 1. The number of nitrogens with zero attached hydrogens (tertiary/aromatic N) is 3. The third-order valence-corrected chi connectivity index (χ3v) is 3.92. The van der Waals surface area contributed by atoms with E-state index in [1.807, 2.05) is 35.9 Å². The van der Waals surface area contributed by atoms with E-state index in [2.05, 4.69) is 23.9 Å². The molecule has 0 aliphatic rings. The molecule has 24 heavy (non-hydrogen) atoms. The number of aryl methyl sites for hydroxylation is 1. The summed E-state index contributed by atoms with van der Waals surface area (Å²) in [7, 11) is 0. The molecule has 3 aromatic rings. The number of primary amides is 1. The van der Waals surface area contributed by atoms with E-state index in [0.717, 1.165) is 28.2 Å². The van der Waals surface area contributed by atoms with Gasteiger partial charge in [-0.05, 0) is 48.7 Å². The molecular weight excluding hydrogens is 300 g/mol. The number of benzene rings is 1. The number of aromatic nitrogens is 3. The van der Waals surface area contributed by atoms with Gasteiger partial charge >= 0.3 is 0 Å². The van der Waals surface area contributed by atoms with Crippen molar-refractivity contribution in [2.75, 3.05) is 0 Å². The monoisotopic (exact) mass is 320 g/mol. The van der Waals surface area contributed by atoms with Crippen LogP contribution in [-0.2, 0) is 0 Å². The molecule has 0 saturated carbocycles. The van der Waals surface area contributed by atoms with Crippen molar-refractivity contribution in [1.29, 1.82) is 0 Å². The van der Waals surface area contributed by atoms with E-state index in [0.29, 0.717) is 11.5 Å². The van der Waals surface area contributed by atoms with Gasteiger partial charge in [0.25, 0.3) is 0 Å². The summed E-state index contributed by atoms with van der Waals surface area (Å²) in [4.78, 5) is 16.2. The van der Waals surface area contributed by atoms with Crippen molar-refractivity contribution >= 4 is 5.91 Å². The zero-order valence-corrected chi connectivity index (χ0v) is 14.0. The minimum absolute atomic E-state index is 0.311. The first-order chi connectivity index (χ1) is 11.5. The van der Waals surface area contributed by atoms with Crippen molar-refractivity contribution in [3.63, 3.8) is 0 Å². The summed E-state index contributed by atoms with van der Waals surface area (Å²) < 4.78 is 1.84. The first-order valence-corrected chi connectivity index (χ1v) is 7.88. The fourth-order valence-corrected chi connectivity index (χ4v) is 2.63. The smallest absolute Gasteiger partial charge is 0.248 e. The Hall–Kier alpha value is -2.95. The number of pyridine rings is 1.